The number of hydrogen-bond acceptors (Lipinski definition) is 5. The van der Waals surface area contributed by atoms with Crippen molar-refractivity contribution in [1.29, 1.82) is 0 Å². The lowest BCUT2D eigenvalue weighted by molar-refractivity contribution is 0.440. The minimum Gasteiger partial charge on any atom is -0.355 e. The molecule has 2 aromatic heterocycles. The molecule has 0 aliphatic carbocycles. The summed E-state index contributed by atoms with van der Waals surface area (Å²) in [6, 6.07) is 2.52. The third kappa shape index (κ3) is 2.59. The molecule has 0 spiro atoms. The summed E-state index contributed by atoms with van der Waals surface area (Å²) < 4.78 is 1.84. The van der Waals surface area contributed by atoms with Gasteiger partial charge in [-0.2, -0.15) is 5.10 Å². The van der Waals surface area contributed by atoms with Gasteiger partial charge in [-0.05, 0) is 57.0 Å². The van der Waals surface area contributed by atoms with Crippen molar-refractivity contribution in [2.24, 2.45) is 7.05 Å². The second kappa shape index (κ2) is 6.04. The van der Waals surface area contributed by atoms with Crippen molar-refractivity contribution in [3.8, 4) is 11.4 Å². The van der Waals surface area contributed by atoms with Crippen LogP contribution in [-0.2, 0) is 7.05 Å². The van der Waals surface area contributed by atoms with Crippen molar-refractivity contribution in [3.63, 3.8) is 0 Å². The van der Waals surface area contributed by atoms with Crippen LogP contribution in [0.2, 0.25) is 0 Å². The van der Waals surface area contributed by atoms with Crippen LogP contribution in [0, 0.1) is 13.8 Å². The van der Waals surface area contributed by atoms with Gasteiger partial charge >= 0.3 is 0 Å². The van der Waals surface area contributed by atoms with Crippen LogP contribution < -0.4 is 10.2 Å². The number of hydrogen-bond donors (Lipinski definition) is 1. The van der Waals surface area contributed by atoms with Gasteiger partial charge in [-0.25, -0.2) is 0 Å². The highest BCUT2D eigenvalue weighted by Crippen LogP contribution is 2.28. The molecule has 1 aliphatic rings. The van der Waals surface area contributed by atoms with Crippen LogP contribution >= 0.6 is 0 Å². The Morgan fingerprint density at radius 1 is 1.18 bits per heavy atom. The van der Waals surface area contributed by atoms with Crippen molar-refractivity contribution in [3.05, 3.63) is 23.4 Å². The lowest BCUT2D eigenvalue weighted by atomic mass is 10.0. The zero-order chi connectivity index (χ0) is 15.7. The van der Waals surface area contributed by atoms with Crippen LogP contribution in [0.4, 0.5) is 5.82 Å². The largest absolute Gasteiger partial charge is 0.355 e. The minimum atomic E-state index is 0.538. The van der Waals surface area contributed by atoms with E-state index in [4.69, 9.17) is 0 Å². The maximum Gasteiger partial charge on any atom is 0.154 e. The number of anilines is 1. The molecule has 0 bridgehead atoms. The smallest absolute Gasteiger partial charge is 0.154 e. The molecule has 0 radical (unpaired) electrons. The van der Waals surface area contributed by atoms with Gasteiger partial charge in [0.25, 0.3) is 0 Å². The molecule has 2 aromatic rings. The maximum atomic E-state index is 4.53. The van der Waals surface area contributed by atoms with Gasteiger partial charge < -0.3 is 10.2 Å². The quantitative estimate of drug-likeness (QED) is 0.934. The fraction of sp³-hybridized carbons (Fsp3) is 0.562. The number of nitrogens with zero attached hydrogens (tertiary/aromatic N) is 5. The van der Waals surface area contributed by atoms with Gasteiger partial charge in [-0.1, -0.05) is 0 Å². The minimum absolute atomic E-state index is 0.538. The van der Waals surface area contributed by atoms with Gasteiger partial charge in [-0.3, -0.25) is 4.68 Å². The maximum absolute atomic E-state index is 4.53. The average molecular weight is 300 g/mol. The molecular formula is C16H24N6. The van der Waals surface area contributed by atoms with Gasteiger partial charge in [0.1, 0.15) is 5.69 Å². The molecule has 6 heteroatoms. The van der Waals surface area contributed by atoms with Gasteiger partial charge in [0, 0.05) is 26.3 Å². The summed E-state index contributed by atoms with van der Waals surface area (Å²) in [7, 11) is 4.07. The summed E-state index contributed by atoms with van der Waals surface area (Å²) in [6.07, 6.45) is 4.10. The van der Waals surface area contributed by atoms with E-state index in [0.717, 1.165) is 43.1 Å². The molecule has 0 atom stereocenters. The highest BCUT2D eigenvalue weighted by molar-refractivity contribution is 5.64. The van der Waals surface area contributed by atoms with Crippen LogP contribution in [0.1, 0.15) is 24.0 Å². The molecule has 1 N–H and O–H groups in total. The number of rotatable bonds is 3. The summed E-state index contributed by atoms with van der Waals surface area (Å²) in [4.78, 5) is 2.29. The van der Waals surface area contributed by atoms with E-state index in [0.29, 0.717) is 6.04 Å². The van der Waals surface area contributed by atoms with Crippen molar-refractivity contribution >= 4 is 5.82 Å². The lowest BCUT2D eigenvalue weighted by Gasteiger charge is -2.33. The van der Waals surface area contributed by atoms with E-state index in [-0.39, 0.29) is 0 Å². The summed E-state index contributed by atoms with van der Waals surface area (Å²) in [5, 5.41) is 16.7. The van der Waals surface area contributed by atoms with Crippen LogP contribution in [0.15, 0.2) is 12.3 Å². The number of piperidine rings is 1. The van der Waals surface area contributed by atoms with E-state index in [1.807, 2.05) is 17.8 Å². The molecule has 0 aromatic carbocycles. The highest BCUT2D eigenvalue weighted by atomic mass is 15.3. The zero-order valence-electron chi connectivity index (χ0n) is 13.8. The first-order valence-corrected chi connectivity index (χ1v) is 7.85. The van der Waals surface area contributed by atoms with E-state index in [2.05, 4.69) is 46.4 Å². The normalized spacial score (nSPS) is 16.0. The Labute approximate surface area is 131 Å². The third-order valence-electron chi connectivity index (χ3n) is 4.75. The van der Waals surface area contributed by atoms with Gasteiger partial charge in [0.15, 0.2) is 5.82 Å². The standard InChI is InChI=1S/C16H24N6/c1-11-12(2)16(21(3)13-5-8-17-9-6-13)20-19-15(11)14-7-10-18-22(14)4/h7,10,13,17H,5-6,8-9H2,1-4H3. The van der Waals surface area contributed by atoms with Crippen molar-refractivity contribution in [2.75, 3.05) is 25.0 Å². The first-order valence-electron chi connectivity index (χ1n) is 7.85. The summed E-state index contributed by atoms with van der Waals surface area (Å²) in [5.41, 5.74) is 4.30. The third-order valence-corrected chi connectivity index (χ3v) is 4.75. The van der Waals surface area contributed by atoms with Crippen molar-refractivity contribution < 1.29 is 0 Å². The summed E-state index contributed by atoms with van der Waals surface area (Å²) >= 11 is 0. The second-order valence-electron chi connectivity index (χ2n) is 6.05. The number of aryl methyl sites for hydroxylation is 1. The molecule has 1 aliphatic heterocycles. The molecule has 6 nitrogen and oxygen atoms in total. The topological polar surface area (TPSA) is 58.9 Å². The second-order valence-corrected chi connectivity index (χ2v) is 6.05. The van der Waals surface area contributed by atoms with Gasteiger partial charge in [-0.15, -0.1) is 10.2 Å². The SMILES string of the molecule is Cc1c(-c2ccnn2C)nnc(N(C)C2CCNCC2)c1C. The molecular weight excluding hydrogens is 276 g/mol. The molecule has 3 rings (SSSR count). The molecule has 0 unspecified atom stereocenters. The Balaban J connectivity index is 1.94. The fourth-order valence-corrected chi connectivity index (χ4v) is 3.14. The summed E-state index contributed by atoms with van der Waals surface area (Å²) in [5.74, 6) is 0.996. The van der Waals surface area contributed by atoms with Crippen molar-refractivity contribution in [2.45, 2.75) is 32.7 Å². The first kappa shape index (κ1) is 15.0. The van der Waals surface area contributed by atoms with Crippen LogP contribution in [0.5, 0.6) is 0 Å². The molecule has 22 heavy (non-hydrogen) atoms. The Bertz CT molecular complexity index is 657. The highest BCUT2D eigenvalue weighted by Gasteiger charge is 2.22. The Hall–Kier alpha value is -1.95. The van der Waals surface area contributed by atoms with E-state index in [9.17, 15) is 0 Å². The molecule has 1 saturated heterocycles. The fourth-order valence-electron chi connectivity index (χ4n) is 3.14. The zero-order valence-corrected chi connectivity index (χ0v) is 13.8. The predicted molar refractivity (Wildman–Crippen MR) is 88.0 cm³/mol. The van der Waals surface area contributed by atoms with E-state index in [1.54, 1.807) is 6.20 Å². The van der Waals surface area contributed by atoms with Crippen LogP contribution in [0.25, 0.3) is 11.4 Å². The molecule has 0 amide bonds. The Morgan fingerprint density at radius 2 is 1.91 bits per heavy atom. The van der Waals surface area contributed by atoms with Gasteiger partial charge in [0.2, 0.25) is 0 Å². The number of nitrogens with one attached hydrogen (secondary N) is 1. The lowest BCUT2D eigenvalue weighted by Crippen LogP contribution is -2.42. The van der Waals surface area contributed by atoms with E-state index in [1.165, 1.54) is 11.1 Å². The Kier molecular flexibility index (Phi) is 4.11. The van der Waals surface area contributed by atoms with E-state index >= 15 is 0 Å². The average Bonchev–Trinajstić information content (AvgIpc) is 2.96. The van der Waals surface area contributed by atoms with Crippen molar-refractivity contribution in [1.82, 2.24) is 25.3 Å². The van der Waals surface area contributed by atoms with Crippen LogP contribution in [0.3, 0.4) is 0 Å². The molecule has 3 heterocycles. The van der Waals surface area contributed by atoms with E-state index < -0.39 is 0 Å². The predicted octanol–water partition coefficient (Wildman–Crippen LogP) is 1.68. The molecule has 0 saturated carbocycles. The number of aromatic nitrogens is 4. The molecule has 1 fully saturated rings. The summed E-state index contributed by atoms with van der Waals surface area (Å²) in [6.45, 7) is 6.41. The van der Waals surface area contributed by atoms with Crippen LogP contribution in [-0.4, -0.2) is 46.2 Å². The Morgan fingerprint density at radius 3 is 2.55 bits per heavy atom. The van der Waals surface area contributed by atoms with Gasteiger partial charge in [0.05, 0.1) is 5.69 Å². The first-order chi connectivity index (χ1) is 10.6. The monoisotopic (exact) mass is 300 g/mol. The molecule has 118 valence electrons.